The van der Waals surface area contributed by atoms with Gasteiger partial charge in [-0.15, -0.1) is 0 Å². The lowest BCUT2D eigenvalue weighted by Crippen LogP contribution is -2.29. The summed E-state index contributed by atoms with van der Waals surface area (Å²) >= 11 is 0. The van der Waals surface area contributed by atoms with Gasteiger partial charge in [-0.2, -0.15) is 0 Å². The van der Waals surface area contributed by atoms with Gasteiger partial charge in [-0.25, -0.2) is 4.79 Å². The van der Waals surface area contributed by atoms with Crippen LogP contribution in [0.5, 0.6) is 0 Å². The van der Waals surface area contributed by atoms with Crippen LogP contribution in [-0.4, -0.2) is 12.2 Å². The number of hydrogen-bond acceptors (Lipinski definition) is 3. The van der Waals surface area contributed by atoms with Gasteiger partial charge in [-0.05, 0) is 6.92 Å². The lowest BCUT2D eigenvalue weighted by Gasteiger charge is -2.24. The second-order valence-electron chi connectivity index (χ2n) is 3.24. The number of benzene rings is 1. The van der Waals surface area contributed by atoms with E-state index >= 15 is 0 Å². The second kappa shape index (κ2) is 4.55. The van der Waals surface area contributed by atoms with Crippen molar-refractivity contribution in [2.45, 2.75) is 12.5 Å². The Hall–Kier alpha value is -1.90. The van der Waals surface area contributed by atoms with Crippen molar-refractivity contribution in [1.82, 2.24) is 0 Å². The number of nitrogens with one attached hydrogen (secondary N) is 1. The number of esters is 1. The zero-order valence-electron chi connectivity index (χ0n) is 8.57. The van der Waals surface area contributed by atoms with Gasteiger partial charge in [0.05, 0.1) is 0 Å². The summed E-state index contributed by atoms with van der Waals surface area (Å²) in [7, 11) is 0. The minimum Gasteiger partial charge on any atom is -0.445 e. The molecule has 0 fully saturated rings. The van der Waals surface area contributed by atoms with E-state index < -0.39 is 11.6 Å². The summed E-state index contributed by atoms with van der Waals surface area (Å²) in [5, 5.41) is 7.33. The molecule has 0 heterocycles. The van der Waals surface area contributed by atoms with Crippen LogP contribution in [0, 0.1) is 5.41 Å². The van der Waals surface area contributed by atoms with E-state index in [0.717, 1.165) is 17.9 Å². The summed E-state index contributed by atoms with van der Waals surface area (Å²) in [4.78, 5) is 11.1. The van der Waals surface area contributed by atoms with Gasteiger partial charge in [-0.3, -0.25) is 0 Å². The van der Waals surface area contributed by atoms with Crippen LogP contribution >= 0.6 is 0 Å². The molecule has 0 aromatic heterocycles. The molecular formula is C12H13NO2. The summed E-state index contributed by atoms with van der Waals surface area (Å²) in [6, 6.07) is 9.14. The molecule has 0 radical (unpaired) electrons. The van der Waals surface area contributed by atoms with Crippen molar-refractivity contribution in [2.24, 2.45) is 0 Å². The van der Waals surface area contributed by atoms with E-state index in [9.17, 15) is 4.79 Å². The van der Waals surface area contributed by atoms with Crippen LogP contribution in [0.2, 0.25) is 0 Å². The van der Waals surface area contributed by atoms with E-state index in [1.807, 2.05) is 18.2 Å². The highest BCUT2D eigenvalue weighted by molar-refractivity contribution is 5.84. The van der Waals surface area contributed by atoms with Crippen LogP contribution < -0.4 is 0 Å². The highest BCUT2D eigenvalue weighted by Crippen LogP contribution is 2.22. The minimum atomic E-state index is -1.02. The van der Waals surface area contributed by atoms with Crippen molar-refractivity contribution in [3.8, 4) is 0 Å². The first-order valence-electron chi connectivity index (χ1n) is 4.55. The van der Waals surface area contributed by atoms with Crippen LogP contribution in [0.3, 0.4) is 0 Å². The van der Waals surface area contributed by atoms with E-state index in [4.69, 9.17) is 10.1 Å². The fourth-order valence-corrected chi connectivity index (χ4v) is 1.19. The topological polar surface area (TPSA) is 50.2 Å². The van der Waals surface area contributed by atoms with E-state index in [0.29, 0.717) is 0 Å². The molecule has 0 spiro atoms. The van der Waals surface area contributed by atoms with Crippen LogP contribution in [0.1, 0.15) is 12.5 Å². The molecule has 3 nitrogen and oxygen atoms in total. The van der Waals surface area contributed by atoms with Gasteiger partial charge >= 0.3 is 5.97 Å². The molecule has 15 heavy (non-hydrogen) atoms. The molecule has 1 rings (SSSR count). The van der Waals surface area contributed by atoms with Gasteiger partial charge in [0.25, 0.3) is 0 Å². The molecule has 0 aliphatic rings. The number of ether oxygens (including phenoxy) is 1. The zero-order valence-corrected chi connectivity index (χ0v) is 8.57. The van der Waals surface area contributed by atoms with Crippen molar-refractivity contribution in [1.29, 1.82) is 5.41 Å². The maximum atomic E-state index is 11.1. The fraction of sp³-hybridized carbons (Fsp3) is 0.167. The molecule has 0 saturated carbocycles. The molecule has 1 unspecified atom stereocenters. The molecule has 78 valence electrons. The molecule has 0 bridgehead atoms. The Labute approximate surface area is 88.9 Å². The van der Waals surface area contributed by atoms with Gasteiger partial charge in [0.2, 0.25) is 0 Å². The van der Waals surface area contributed by atoms with Crippen molar-refractivity contribution in [3.05, 3.63) is 48.6 Å². The zero-order chi connectivity index (χ0) is 11.3. The normalized spacial score (nSPS) is 13.7. The molecule has 1 N–H and O–H groups in total. The summed E-state index contributed by atoms with van der Waals surface area (Å²) in [5.41, 5.74) is -0.262. The Bertz CT molecular complexity index is 372. The van der Waals surface area contributed by atoms with E-state index in [1.165, 1.54) is 0 Å². The number of hydrogen-bond donors (Lipinski definition) is 1. The van der Waals surface area contributed by atoms with Gasteiger partial charge in [0, 0.05) is 17.9 Å². The van der Waals surface area contributed by atoms with Crippen molar-refractivity contribution in [2.75, 3.05) is 0 Å². The highest BCUT2D eigenvalue weighted by Gasteiger charge is 2.27. The molecule has 1 atom stereocenters. The number of carbonyl (C=O) groups excluding carboxylic acids is 1. The standard InChI is InChI=1S/C12H13NO2/c1-3-11(14)15-12(2,9-13)10-7-5-4-6-8-10/h3-9,13H,1H2,2H3. The van der Waals surface area contributed by atoms with E-state index in [2.05, 4.69) is 6.58 Å². The maximum absolute atomic E-state index is 11.1. The van der Waals surface area contributed by atoms with E-state index in [-0.39, 0.29) is 0 Å². The summed E-state index contributed by atoms with van der Waals surface area (Å²) in [5.74, 6) is -0.537. The predicted octanol–water partition coefficient (Wildman–Crippen LogP) is 2.28. The van der Waals surface area contributed by atoms with Crippen molar-refractivity contribution in [3.63, 3.8) is 0 Å². The number of carbonyl (C=O) groups is 1. The van der Waals surface area contributed by atoms with Gasteiger partial charge in [0.1, 0.15) is 0 Å². The smallest absolute Gasteiger partial charge is 0.331 e. The van der Waals surface area contributed by atoms with Crippen LogP contribution in [0.25, 0.3) is 0 Å². The lowest BCUT2D eigenvalue weighted by atomic mass is 9.97. The molecule has 0 aliphatic carbocycles. The quantitative estimate of drug-likeness (QED) is 0.463. The van der Waals surface area contributed by atoms with E-state index in [1.54, 1.807) is 19.1 Å². The van der Waals surface area contributed by atoms with Gasteiger partial charge in [0.15, 0.2) is 5.60 Å². The molecule has 0 amide bonds. The third kappa shape index (κ3) is 2.53. The molecular weight excluding hydrogens is 190 g/mol. The average molecular weight is 203 g/mol. The summed E-state index contributed by atoms with van der Waals surface area (Å²) in [6.07, 6.45) is 2.19. The largest absolute Gasteiger partial charge is 0.445 e. The lowest BCUT2D eigenvalue weighted by molar-refractivity contribution is -0.146. The van der Waals surface area contributed by atoms with Gasteiger partial charge < -0.3 is 10.1 Å². The Kier molecular flexibility index (Phi) is 3.39. The van der Waals surface area contributed by atoms with Gasteiger partial charge in [-0.1, -0.05) is 36.9 Å². The number of rotatable bonds is 4. The van der Waals surface area contributed by atoms with Crippen LogP contribution in [-0.2, 0) is 15.1 Å². The first-order chi connectivity index (χ1) is 7.12. The first-order valence-corrected chi connectivity index (χ1v) is 4.55. The predicted molar refractivity (Wildman–Crippen MR) is 58.9 cm³/mol. The Morgan fingerprint density at radius 1 is 1.47 bits per heavy atom. The Balaban J connectivity index is 3.00. The highest BCUT2D eigenvalue weighted by atomic mass is 16.6. The average Bonchev–Trinajstić information content (AvgIpc) is 2.30. The SMILES string of the molecule is C=CC(=O)OC(C)(C=N)c1ccccc1. The van der Waals surface area contributed by atoms with Crippen molar-refractivity contribution >= 4 is 12.2 Å². The first kappa shape index (κ1) is 11.2. The maximum Gasteiger partial charge on any atom is 0.331 e. The minimum absolute atomic E-state index is 0.537. The summed E-state index contributed by atoms with van der Waals surface area (Å²) < 4.78 is 5.12. The van der Waals surface area contributed by atoms with Crippen LogP contribution in [0.4, 0.5) is 0 Å². The second-order valence-corrected chi connectivity index (χ2v) is 3.24. The molecule has 1 aromatic carbocycles. The third-order valence-corrected chi connectivity index (χ3v) is 2.10. The van der Waals surface area contributed by atoms with Crippen LogP contribution in [0.15, 0.2) is 43.0 Å². The Morgan fingerprint density at radius 3 is 2.53 bits per heavy atom. The molecule has 1 aromatic rings. The fourth-order valence-electron chi connectivity index (χ4n) is 1.19. The Morgan fingerprint density at radius 2 is 2.07 bits per heavy atom. The molecule has 0 aliphatic heterocycles. The molecule has 0 saturated heterocycles. The van der Waals surface area contributed by atoms with Crippen molar-refractivity contribution < 1.29 is 9.53 Å². The summed E-state index contributed by atoms with van der Waals surface area (Å²) in [6.45, 7) is 4.99. The monoisotopic (exact) mass is 203 g/mol. The molecule has 3 heteroatoms. The third-order valence-electron chi connectivity index (χ3n) is 2.10.